The molecule has 2 aliphatic heterocycles. The number of fused-ring (bicyclic) bond motifs is 3. The van der Waals surface area contributed by atoms with Gasteiger partial charge in [-0.1, -0.05) is 20.8 Å². The Labute approximate surface area is 185 Å². The van der Waals surface area contributed by atoms with Crippen LogP contribution in [0.1, 0.15) is 64.3 Å². The quantitative estimate of drug-likeness (QED) is 0.539. The third-order valence-electron chi connectivity index (χ3n) is 7.19. The molecule has 2 fully saturated rings. The normalized spacial score (nSPS) is 32.7. The van der Waals surface area contributed by atoms with E-state index in [0.717, 1.165) is 6.08 Å². The molecule has 8 nitrogen and oxygen atoms in total. The summed E-state index contributed by atoms with van der Waals surface area (Å²) in [5.41, 5.74) is 5.42. The van der Waals surface area contributed by atoms with Gasteiger partial charge < -0.3 is 20.3 Å². The van der Waals surface area contributed by atoms with Crippen molar-refractivity contribution < 1.29 is 33.8 Å². The molecule has 0 saturated carbocycles. The number of aryl methyl sites for hydroxylation is 1. The number of esters is 1. The van der Waals surface area contributed by atoms with Crippen LogP contribution in [0.25, 0.3) is 0 Å². The standard InChI is InChI=1S/C24H27NO7/c1-8-6-13-16(15(26)7-14(25)20(13)29)17(18(8)27)19(28)9(2)21-10(3)22-11(4)23(31-21)12(5)24(30)32-22/h6-7,9-12,21-23,27H,25H2,1-5H3. The fraction of sp³-hybridized carbons (Fsp3) is 0.500. The maximum Gasteiger partial charge on any atom is 0.311 e. The van der Waals surface area contributed by atoms with E-state index in [4.69, 9.17) is 15.2 Å². The van der Waals surface area contributed by atoms with Crippen LogP contribution in [-0.4, -0.2) is 46.7 Å². The van der Waals surface area contributed by atoms with Crippen LogP contribution in [0.3, 0.4) is 0 Å². The summed E-state index contributed by atoms with van der Waals surface area (Å²) in [5.74, 6) is -3.88. The van der Waals surface area contributed by atoms with Crippen molar-refractivity contribution >= 4 is 23.3 Å². The number of ketones is 3. The minimum atomic E-state index is -0.769. The highest BCUT2D eigenvalue weighted by molar-refractivity contribution is 6.28. The van der Waals surface area contributed by atoms with E-state index >= 15 is 0 Å². The number of hydrogen-bond donors (Lipinski definition) is 2. The second-order valence-electron chi connectivity index (χ2n) is 9.26. The lowest BCUT2D eigenvalue weighted by molar-refractivity contribution is -0.236. The van der Waals surface area contributed by atoms with Crippen molar-refractivity contribution in [3.8, 4) is 5.75 Å². The number of hydrogen-bond acceptors (Lipinski definition) is 8. The van der Waals surface area contributed by atoms with Gasteiger partial charge in [0.25, 0.3) is 0 Å². The molecule has 8 heteroatoms. The molecule has 0 aromatic heterocycles. The Morgan fingerprint density at radius 2 is 1.78 bits per heavy atom. The number of Topliss-reactive ketones (excluding diaryl/α,β-unsaturated/α-hetero) is 2. The minimum absolute atomic E-state index is 0.00602. The summed E-state index contributed by atoms with van der Waals surface area (Å²) in [5, 5.41) is 10.7. The van der Waals surface area contributed by atoms with Crippen LogP contribution in [0.15, 0.2) is 17.8 Å². The van der Waals surface area contributed by atoms with Crippen molar-refractivity contribution in [3.63, 3.8) is 0 Å². The summed E-state index contributed by atoms with van der Waals surface area (Å²) in [4.78, 5) is 51.1. The van der Waals surface area contributed by atoms with E-state index in [-0.39, 0.29) is 45.9 Å². The number of carbonyl (C=O) groups is 4. The van der Waals surface area contributed by atoms with E-state index in [0.29, 0.717) is 5.56 Å². The van der Waals surface area contributed by atoms with Gasteiger partial charge in [-0.2, -0.15) is 0 Å². The van der Waals surface area contributed by atoms with Gasteiger partial charge in [0.05, 0.1) is 29.4 Å². The molecule has 1 aromatic rings. The molecule has 0 spiro atoms. The second-order valence-corrected chi connectivity index (χ2v) is 9.26. The van der Waals surface area contributed by atoms with Crippen LogP contribution >= 0.6 is 0 Å². The number of ether oxygens (including phenoxy) is 2. The van der Waals surface area contributed by atoms with Gasteiger partial charge in [-0.05, 0) is 25.5 Å². The average Bonchev–Trinajstić information content (AvgIpc) is 2.74. The second kappa shape index (κ2) is 7.55. The molecule has 2 heterocycles. The lowest BCUT2D eigenvalue weighted by atomic mass is 9.72. The summed E-state index contributed by atoms with van der Waals surface area (Å²) in [7, 11) is 0. The van der Waals surface area contributed by atoms with Crippen molar-refractivity contribution in [2.75, 3.05) is 0 Å². The zero-order valence-corrected chi connectivity index (χ0v) is 18.7. The first-order valence-electron chi connectivity index (χ1n) is 10.8. The van der Waals surface area contributed by atoms with E-state index in [1.807, 2.05) is 13.8 Å². The predicted molar refractivity (Wildman–Crippen MR) is 113 cm³/mol. The number of benzene rings is 1. The van der Waals surface area contributed by atoms with Crippen LogP contribution in [0.5, 0.6) is 5.75 Å². The molecule has 2 bridgehead atoms. The monoisotopic (exact) mass is 441 g/mol. The number of rotatable bonds is 3. The Morgan fingerprint density at radius 3 is 2.44 bits per heavy atom. The van der Waals surface area contributed by atoms with Gasteiger partial charge in [0.2, 0.25) is 5.78 Å². The van der Waals surface area contributed by atoms with E-state index < -0.39 is 47.5 Å². The molecule has 1 aliphatic carbocycles. The number of aromatic hydroxyl groups is 1. The van der Waals surface area contributed by atoms with Gasteiger partial charge in [-0.25, -0.2) is 0 Å². The number of allylic oxidation sites excluding steroid dienone is 2. The summed E-state index contributed by atoms with van der Waals surface area (Å²) in [6.07, 6.45) is -0.421. The molecule has 32 heavy (non-hydrogen) atoms. The van der Waals surface area contributed by atoms with Crippen molar-refractivity contribution in [3.05, 3.63) is 40.1 Å². The minimum Gasteiger partial charge on any atom is -0.507 e. The first-order valence-corrected chi connectivity index (χ1v) is 10.8. The van der Waals surface area contributed by atoms with E-state index in [1.165, 1.54) is 6.07 Å². The highest BCUT2D eigenvalue weighted by Crippen LogP contribution is 2.43. The Bertz CT molecular complexity index is 1090. The molecule has 0 radical (unpaired) electrons. The van der Waals surface area contributed by atoms with Crippen LogP contribution in [0.4, 0.5) is 0 Å². The first kappa shape index (κ1) is 22.2. The fourth-order valence-corrected chi connectivity index (χ4v) is 5.31. The van der Waals surface area contributed by atoms with Crippen molar-refractivity contribution in [2.45, 2.75) is 52.9 Å². The Balaban J connectivity index is 1.75. The molecule has 170 valence electrons. The number of nitrogens with two attached hydrogens (primary N) is 1. The Kier molecular flexibility index (Phi) is 5.24. The van der Waals surface area contributed by atoms with E-state index in [2.05, 4.69) is 0 Å². The van der Waals surface area contributed by atoms with Gasteiger partial charge in [-0.3, -0.25) is 19.2 Å². The maximum atomic E-state index is 13.7. The SMILES string of the molecule is Cc1cc2c(c(C(=O)C(C)C3OC4C(C)C(=O)OC(C4C)C3C)c1O)C(=O)C=C(N)C2=O. The third kappa shape index (κ3) is 3.08. The van der Waals surface area contributed by atoms with Crippen molar-refractivity contribution in [1.82, 2.24) is 0 Å². The average molecular weight is 441 g/mol. The van der Waals surface area contributed by atoms with E-state index in [9.17, 15) is 24.3 Å². The molecule has 1 aromatic carbocycles. The predicted octanol–water partition coefficient (Wildman–Crippen LogP) is 2.34. The molecule has 2 saturated heterocycles. The van der Waals surface area contributed by atoms with Crippen LogP contribution in [-0.2, 0) is 14.3 Å². The molecule has 7 unspecified atom stereocenters. The maximum absolute atomic E-state index is 13.7. The smallest absolute Gasteiger partial charge is 0.311 e. The molecular formula is C24H27NO7. The van der Waals surface area contributed by atoms with E-state index in [1.54, 1.807) is 20.8 Å². The first-order chi connectivity index (χ1) is 15.0. The Hall–Kier alpha value is -3.00. The molecule has 3 N–H and O–H groups in total. The van der Waals surface area contributed by atoms with Gasteiger partial charge in [0, 0.05) is 35.0 Å². The summed E-state index contributed by atoms with van der Waals surface area (Å²) in [6.45, 7) is 8.77. The van der Waals surface area contributed by atoms with Gasteiger partial charge in [0.1, 0.15) is 11.9 Å². The molecular weight excluding hydrogens is 414 g/mol. The number of carbonyl (C=O) groups excluding carboxylic acids is 4. The number of phenols is 1. The highest BCUT2D eigenvalue weighted by atomic mass is 16.6. The van der Waals surface area contributed by atoms with Crippen LogP contribution in [0.2, 0.25) is 0 Å². The summed E-state index contributed by atoms with van der Waals surface area (Å²) in [6, 6.07) is 1.37. The molecule has 7 atom stereocenters. The van der Waals surface area contributed by atoms with Crippen molar-refractivity contribution in [2.24, 2.45) is 29.4 Å². The molecule has 0 amide bonds. The van der Waals surface area contributed by atoms with Crippen LogP contribution < -0.4 is 5.73 Å². The molecule has 4 rings (SSSR count). The summed E-state index contributed by atoms with van der Waals surface area (Å²) < 4.78 is 11.9. The lowest BCUT2D eigenvalue weighted by Crippen LogP contribution is -2.60. The summed E-state index contributed by atoms with van der Waals surface area (Å²) >= 11 is 0. The largest absolute Gasteiger partial charge is 0.507 e. The van der Waals surface area contributed by atoms with Gasteiger partial charge in [-0.15, -0.1) is 0 Å². The van der Waals surface area contributed by atoms with Gasteiger partial charge in [0.15, 0.2) is 11.6 Å². The van der Waals surface area contributed by atoms with Crippen molar-refractivity contribution in [1.29, 1.82) is 0 Å². The van der Waals surface area contributed by atoms with Crippen LogP contribution in [0, 0.1) is 30.6 Å². The lowest BCUT2D eigenvalue weighted by Gasteiger charge is -2.50. The highest BCUT2D eigenvalue weighted by Gasteiger charge is 2.53. The molecule has 3 aliphatic rings. The Morgan fingerprint density at radius 1 is 1.12 bits per heavy atom. The number of phenolic OH excluding ortho intramolecular Hbond substituents is 1. The fourth-order valence-electron chi connectivity index (χ4n) is 5.31. The zero-order valence-electron chi connectivity index (χ0n) is 18.7. The zero-order chi connectivity index (χ0) is 23.6. The third-order valence-corrected chi connectivity index (χ3v) is 7.19. The van der Waals surface area contributed by atoms with Gasteiger partial charge >= 0.3 is 5.97 Å². The topological polar surface area (TPSA) is 133 Å².